The molecule has 0 aliphatic carbocycles. The highest BCUT2D eigenvalue weighted by atomic mass is 127. The van der Waals surface area contributed by atoms with Gasteiger partial charge in [0.2, 0.25) is 0 Å². The van der Waals surface area contributed by atoms with Crippen LogP contribution in [0.2, 0.25) is 0 Å². The summed E-state index contributed by atoms with van der Waals surface area (Å²) in [7, 11) is -0.902. The van der Waals surface area contributed by atoms with Gasteiger partial charge in [-0.3, -0.25) is 9.20 Å². The number of aryl methyl sites for hydroxylation is 1. The Balaban J connectivity index is 0.00000341. The van der Waals surface area contributed by atoms with Gasteiger partial charge in [0.15, 0.2) is 5.96 Å². The van der Waals surface area contributed by atoms with Crippen LogP contribution in [-0.4, -0.2) is 53.1 Å². The number of pyridine rings is 1. The Morgan fingerprint density at radius 2 is 1.90 bits per heavy atom. The highest BCUT2D eigenvalue weighted by Gasteiger charge is 2.21. The predicted octanol–water partition coefficient (Wildman–Crippen LogP) is 3.48. The Morgan fingerprint density at radius 3 is 2.58 bits per heavy atom. The van der Waals surface area contributed by atoms with Crippen molar-refractivity contribution in [1.29, 1.82) is 0 Å². The minimum atomic E-state index is -0.902. The number of piperidine rings is 1. The second-order valence-electron chi connectivity index (χ2n) is 7.58. The van der Waals surface area contributed by atoms with E-state index in [1.165, 1.54) is 0 Å². The molecule has 3 rings (SSSR count). The third kappa shape index (κ3) is 8.76. The van der Waals surface area contributed by atoms with Gasteiger partial charge < -0.3 is 15.5 Å². The minimum absolute atomic E-state index is 0. The van der Waals surface area contributed by atoms with Crippen molar-refractivity contribution in [2.45, 2.75) is 38.5 Å². The summed E-state index contributed by atoms with van der Waals surface area (Å²) in [6.45, 7) is 7.43. The van der Waals surface area contributed by atoms with Crippen LogP contribution in [0, 0.1) is 6.92 Å². The van der Waals surface area contributed by atoms with Gasteiger partial charge in [0, 0.05) is 53.7 Å². The van der Waals surface area contributed by atoms with E-state index in [0.29, 0.717) is 24.1 Å². The minimum Gasteiger partial charge on any atom is -0.357 e. The normalized spacial score (nSPS) is 15.8. The first-order chi connectivity index (χ1) is 14.6. The number of benzene rings is 1. The van der Waals surface area contributed by atoms with E-state index in [2.05, 4.69) is 44.6 Å². The molecule has 1 atom stereocenters. The molecule has 2 N–H and O–H groups in total. The zero-order valence-electron chi connectivity index (χ0n) is 18.4. The standard InChI is InChI=1S/C23H33N5OS.HI/c1-3-24-23(25-14-17-30(29)18-20-9-5-4-6-10-20)27-21-12-15-28(16-13-21)22-11-7-8-19(2)26-22;/h4-11,21H,3,12-18H2,1-2H3,(H2,24,25,27);1H. The summed E-state index contributed by atoms with van der Waals surface area (Å²) in [4.78, 5) is 11.6. The Kier molecular flexibility index (Phi) is 11.3. The van der Waals surface area contributed by atoms with Crippen molar-refractivity contribution < 1.29 is 4.21 Å². The first kappa shape index (κ1) is 25.6. The lowest BCUT2D eigenvalue weighted by Crippen LogP contribution is -2.49. The second kappa shape index (κ2) is 13.7. The van der Waals surface area contributed by atoms with Crippen LogP contribution in [0.3, 0.4) is 0 Å². The van der Waals surface area contributed by atoms with Crippen molar-refractivity contribution in [3.8, 4) is 0 Å². The number of nitrogens with one attached hydrogen (secondary N) is 2. The quantitative estimate of drug-likeness (QED) is 0.297. The summed E-state index contributed by atoms with van der Waals surface area (Å²) in [5.74, 6) is 3.05. The first-order valence-electron chi connectivity index (χ1n) is 10.8. The molecule has 1 aromatic carbocycles. The molecule has 1 saturated heterocycles. The van der Waals surface area contributed by atoms with Crippen LogP contribution in [0.25, 0.3) is 0 Å². The lowest BCUT2D eigenvalue weighted by atomic mass is 10.1. The van der Waals surface area contributed by atoms with Crippen LogP contribution < -0.4 is 15.5 Å². The van der Waals surface area contributed by atoms with E-state index >= 15 is 0 Å². The van der Waals surface area contributed by atoms with Crippen molar-refractivity contribution in [2.75, 3.05) is 36.8 Å². The lowest BCUT2D eigenvalue weighted by molar-refractivity contribution is 0.459. The zero-order chi connectivity index (χ0) is 21.2. The van der Waals surface area contributed by atoms with Gasteiger partial charge in [-0.1, -0.05) is 36.4 Å². The van der Waals surface area contributed by atoms with Crippen LogP contribution >= 0.6 is 24.0 Å². The van der Waals surface area contributed by atoms with Gasteiger partial charge >= 0.3 is 0 Å². The monoisotopic (exact) mass is 555 g/mol. The number of guanidine groups is 1. The van der Waals surface area contributed by atoms with E-state index in [0.717, 1.165) is 55.5 Å². The number of aliphatic imine (C=N–C) groups is 1. The van der Waals surface area contributed by atoms with Gasteiger partial charge in [-0.2, -0.15) is 0 Å². The van der Waals surface area contributed by atoms with Crippen LogP contribution in [0.15, 0.2) is 53.5 Å². The smallest absolute Gasteiger partial charge is 0.191 e. The maximum atomic E-state index is 12.3. The predicted molar refractivity (Wildman–Crippen MR) is 142 cm³/mol. The third-order valence-electron chi connectivity index (χ3n) is 5.14. The van der Waals surface area contributed by atoms with E-state index < -0.39 is 10.8 Å². The molecule has 0 spiro atoms. The molecule has 1 aliphatic rings. The molecule has 0 saturated carbocycles. The average molecular weight is 556 g/mol. The van der Waals surface area contributed by atoms with Crippen molar-refractivity contribution in [1.82, 2.24) is 15.6 Å². The fourth-order valence-electron chi connectivity index (χ4n) is 3.56. The molecule has 170 valence electrons. The molecule has 8 heteroatoms. The van der Waals surface area contributed by atoms with E-state index in [9.17, 15) is 4.21 Å². The van der Waals surface area contributed by atoms with Crippen LogP contribution in [0.4, 0.5) is 5.82 Å². The summed E-state index contributed by atoms with van der Waals surface area (Å²) in [5, 5.41) is 6.87. The Labute approximate surface area is 205 Å². The summed E-state index contributed by atoms with van der Waals surface area (Å²) >= 11 is 0. The molecule has 2 heterocycles. The van der Waals surface area contributed by atoms with Crippen molar-refractivity contribution in [2.24, 2.45) is 4.99 Å². The first-order valence-corrected chi connectivity index (χ1v) is 12.2. The van der Waals surface area contributed by atoms with E-state index in [4.69, 9.17) is 0 Å². The Morgan fingerprint density at radius 1 is 1.16 bits per heavy atom. The summed E-state index contributed by atoms with van der Waals surface area (Å²) in [6.07, 6.45) is 2.08. The zero-order valence-corrected chi connectivity index (χ0v) is 21.6. The molecule has 2 aromatic rings. The maximum Gasteiger partial charge on any atom is 0.191 e. The van der Waals surface area contributed by atoms with E-state index in [-0.39, 0.29) is 24.0 Å². The van der Waals surface area contributed by atoms with Crippen molar-refractivity contribution >= 4 is 46.6 Å². The number of anilines is 1. The number of hydrogen-bond donors (Lipinski definition) is 2. The third-order valence-corrected chi connectivity index (χ3v) is 6.43. The van der Waals surface area contributed by atoms with Gasteiger partial charge in [-0.25, -0.2) is 4.98 Å². The van der Waals surface area contributed by atoms with E-state index in [1.54, 1.807) is 0 Å². The molecule has 0 radical (unpaired) electrons. The molecule has 6 nitrogen and oxygen atoms in total. The summed E-state index contributed by atoms with van der Waals surface area (Å²) in [6, 6.07) is 16.6. The molecule has 1 aromatic heterocycles. The van der Waals surface area contributed by atoms with Gasteiger partial charge in [-0.15, -0.1) is 24.0 Å². The van der Waals surface area contributed by atoms with Gasteiger partial charge in [0.1, 0.15) is 5.82 Å². The number of hydrogen-bond acceptors (Lipinski definition) is 4. The van der Waals surface area contributed by atoms with Crippen LogP contribution in [0.5, 0.6) is 0 Å². The Hall–Kier alpha value is -1.68. The molecule has 1 unspecified atom stereocenters. The molecule has 0 amide bonds. The molecule has 0 bridgehead atoms. The molecule has 1 aliphatic heterocycles. The molecular formula is C23H34IN5OS. The van der Waals surface area contributed by atoms with Gasteiger partial charge in [0.25, 0.3) is 0 Å². The van der Waals surface area contributed by atoms with Crippen LogP contribution in [0.1, 0.15) is 31.0 Å². The number of halogens is 1. The topological polar surface area (TPSA) is 69.6 Å². The fraction of sp³-hybridized carbons (Fsp3) is 0.478. The van der Waals surface area contributed by atoms with Crippen LogP contribution in [-0.2, 0) is 16.6 Å². The molecule has 1 fully saturated rings. The lowest BCUT2D eigenvalue weighted by Gasteiger charge is -2.34. The SMILES string of the molecule is CCNC(=NCCS(=O)Cc1ccccc1)NC1CCN(c2cccc(C)n2)CC1.I. The van der Waals surface area contributed by atoms with Gasteiger partial charge in [-0.05, 0) is 44.4 Å². The number of aromatic nitrogens is 1. The van der Waals surface area contributed by atoms with Crippen molar-refractivity contribution in [3.05, 3.63) is 59.8 Å². The molecule has 31 heavy (non-hydrogen) atoms. The fourth-order valence-corrected chi connectivity index (χ4v) is 4.57. The average Bonchev–Trinajstić information content (AvgIpc) is 2.75. The van der Waals surface area contributed by atoms with Crippen molar-refractivity contribution in [3.63, 3.8) is 0 Å². The summed E-state index contributed by atoms with van der Waals surface area (Å²) < 4.78 is 12.3. The second-order valence-corrected chi connectivity index (χ2v) is 9.15. The highest BCUT2D eigenvalue weighted by molar-refractivity contribution is 14.0. The van der Waals surface area contributed by atoms with Gasteiger partial charge in [0.05, 0.1) is 6.54 Å². The highest BCUT2D eigenvalue weighted by Crippen LogP contribution is 2.18. The summed E-state index contributed by atoms with van der Waals surface area (Å²) in [5.41, 5.74) is 2.17. The van der Waals surface area contributed by atoms with E-state index in [1.807, 2.05) is 43.3 Å². The maximum absolute atomic E-state index is 12.3. The molecular weight excluding hydrogens is 521 g/mol. The number of rotatable bonds is 8. The Bertz CT molecular complexity index is 841. The largest absolute Gasteiger partial charge is 0.357 e. The number of nitrogens with zero attached hydrogens (tertiary/aromatic N) is 3.